The van der Waals surface area contributed by atoms with Gasteiger partial charge in [-0.15, -0.1) is 12.4 Å². The van der Waals surface area contributed by atoms with E-state index in [1.165, 1.54) is 11.3 Å². The smallest absolute Gasteiger partial charge is 0.245 e. The predicted molar refractivity (Wildman–Crippen MR) is 73.5 cm³/mol. The van der Waals surface area contributed by atoms with Gasteiger partial charge in [0, 0.05) is 6.42 Å². The van der Waals surface area contributed by atoms with E-state index in [9.17, 15) is 9.59 Å². The highest BCUT2D eigenvalue weighted by atomic mass is 35.5. The molecule has 0 saturated carbocycles. The first-order chi connectivity index (χ1) is 7.88. The Morgan fingerprint density at radius 1 is 1.44 bits per heavy atom. The van der Waals surface area contributed by atoms with Crippen molar-refractivity contribution in [2.45, 2.75) is 38.6 Å². The number of aromatic nitrogens is 1. The number of amides is 1. The average Bonchev–Trinajstić information content (AvgIpc) is 2.60. The van der Waals surface area contributed by atoms with Crippen molar-refractivity contribution in [1.82, 2.24) is 4.98 Å². The van der Waals surface area contributed by atoms with Gasteiger partial charge in [-0.25, -0.2) is 4.98 Å². The van der Waals surface area contributed by atoms with Crippen LogP contribution in [0.25, 0.3) is 0 Å². The number of nitrogens with zero attached hydrogens (tertiary/aromatic N) is 1. The van der Waals surface area contributed by atoms with E-state index in [1.807, 2.05) is 0 Å². The summed E-state index contributed by atoms with van der Waals surface area (Å²) in [5.41, 5.74) is 5.53. The van der Waals surface area contributed by atoms with Gasteiger partial charge >= 0.3 is 0 Å². The first-order valence-electron chi connectivity index (χ1n) is 5.51. The molecule has 18 heavy (non-hydrogen) atoms. The second-order valence-corrected chi connectivity index (χ2v) is 5.75. The first kappa shape index (κ1) is 15.1. The number of thiazole rings is 1. The summed E-state index contributed by atoms with van der Waals surface area (Å²) in [5, 5.41) is 3.12. The van der Waals surface area contributed by atoms with E-state index in [0.717, 1.165) is 18.5 Å². The summed E-state index contributed by atoms with van der Waals surface area (Å²) in [6.07, 6.45) is 2.22. The molecule has 1 heterocycles. The summed E-state index contributed by atoms with van der Waals surface area (Å²) >= 11 is 1.24. The van der Waals surface area contributed by atoms with Crippen molar-refractivity contribution < 1.29 is 9.59 Å². The number of Topliss-reactive ketones (excluding diaryl/α,β-unsaturated/α-hetero) is 1. The molecule has 0 atom stereocenters. The molecule has 0 bridgehead atoms. The Balaban J connectivity index is 0.00000162. The number of aryl methyl sites for hydroxylation is 1. The minimum Gasteiger partial charge on any atom is -0.318 e. The maximum absolute atomic E-state index is 11.7. The quantitative estimate of drug-likeness (QED) is 0.869. The van der Waals surface area contributed by atoms with E-state index in [1.54, 1.807) is 13.8 Å². The van der Waals surface area contributed by atoms with Gasteiger partial charge in [-0.3, -0.25) is 9.59 Å². The maximum Gasteiger partial charge on any atom is 0.245 e. The standard InChI is InChI=1S/C11H15N3O2S.ClH/c1-11(2,12)9(16)14-10-13-6-4-3-5-7(15)8(6)17-10;/h3-5,12H2,1-2H3,(H,13,14,16);1H. The van der Waals surface area contributed by atoms with Crippen LogP contribution in [0.4, 0.5) is 5.13 Å². The van der Waals surface area contributed by atoms with Crippen LogP contribution in [0.3, 0.4) is 0 Å². The second kappa shape index (κ2) is 5.34. The van der Waals surface area contributed by atoms with Crippen LogP contribution >= 0.6 is 23.7 Å². The van der Waals surface area contributed by atoms with E-state index >= 15 is 0 Å². The molecular weight excluding hydrogens is 274 g/mol. The lowest BCUT2D eigenvalue weighted by molar-refractivity contribution is -0.120. The molecule has 1 amide bonds. The fraction of sp³-hybridized carbons (Fsp3) is 0.545. The number of fused-ring (bicyclic) bond motifs is 1. The third kappa shape index (κ3) is 3.07. The summed E-state index contributed by atoms with van der Waals surface area (Å²) in [7, 11) is 0. The van der Waals surface area contributed by atoms with Gasteiger partial charge in [0.1, 0.15) is 0 Å². The van der Waals surface area contributed by atoms with Crippen LogP contribution in [-0.2, 0) is 11.2 Å². The fourth-order valence-electron chi connectivity index (χ4n) is 1.58. The minimum atomic E-state index is -0.948. The molecule has 5 nitrogen and oxygen atoms in total. The lowest BCUT2D eigenvalue weighted by Gasteiger charge is -2.16. The molecule has 0 spiro atoms. The highest BCUT2D eigenvalue weighted by Crippen LogP contribution is 2.29. The highest BCUT2D eigenvalue weighted by molar-refractivity contribution is 7.17. The van der Waals surface area contributed by atoms with Crippen molar-refractivity contribution in [3.63, 3.8) is 0 Å². The van der Waals surface area contributed by atoms with Crippen molar-refractivity contribution >= 4 is 40.6 Å². The average molecular weight is 290 g/mol. The molecule has 0 radical (unpaired) electrons. The Hall–Kier alpha value is -0.980. The maximum atomic E-state index is 11.7. The zero-order chi connectivity index (χ0) is 12.6. The number of halogens is 1. The van der Waals surface area contributed by atoms with Gasteiger partial charge in [0.25, 0.3) is 0 Å². The van der Waals surface area contributed by atoms with Gasteiger partial charge in [-0.2, -0.15) is 0 Å². The second-order valence-electron chi connectivity index (χ2n) is 4.75. The molecule has 1 aliphatic rings. The summed E-state index contributed by atoms with van der Waals surface area (Å²) < 4.78 is 0. The van der Waals surface area contributed by atoms with Crippen LogP contribution in [0, 0.1) is 0 Å². The third-order valence-electron chi connectivity index (χ3n) is 2.57. The number of carbonyl (C=O) groups excluding carboxylic acids is 2. The number of hydrogen-bond donors (Lipinski definition) is 2. The Morgan fingerprint density at radius 3 is 2.67 bits per heavy atom. The van der Waals surface area contributed by atoms with E-state index in [0.29, 0.717) is 16.4 Å². The van der Waals surface area contributed by atoms with Crippen LogP contribution in [0.15, 0.2) is 0 Å². The molecule has 1 aliphatic carbocycles. The summed E-state index contributed by atoms with van der Waals surface area (Å²) in [6.45, 7) is 3.25. The number of nitrogens with one attached hydrogen (secondary N) is 1. The molecule has 0 aromatic carbocycles. The number of nitrogens with two attached hydrogens (primary N) is 1. The Morgan fingerprint density at radius 2 is 2.11 bits per heavy atom. The molecule has 1 aromatic rings. The third-order valence-corrected chi connectivity index (χ3v) is 3.63. The fourth-order valence-corrected chi connectivity index (χ4v) is 2.55. The Kier molecular flexibility index (Phi) is 4.47. The largest absolute Gasteiger partial charge is 0.318 e. The van der Waals surface area contributed by atoms with Gasteiger partial charge in [-0.1, -0.05) is 11.3 Å². The van der Waals surface area contributed by atoms with Crippen LogP contribution in [0.1, 0.15) is 42.1 Å². The molecule has 0 fully saturated rings. The predicted octanol–water partition coefficient (Wildman–Crippen LogP) is 1.76. The SMILES string of the molecule is CC(C)(N)C(=O)Nc1nc2c(s1)C(=O)CCC2.Cl. The molecule has 1 aromatic heterocycles. The number of ketones is 1. The summed E-state index contributed by atoms with van der Waals surface area (Å²) in [5.74, 6) is -0.174. The zero-order valence-corrected chi connectivity index (χ0v) is 11.9. The van der Waals surface area contributed by atoms with Gasteiger partial charge in [0.2, 0.25) is 5.91 Å². The lowest BCUT2D eigenvalue weighted by Crippen LogP contribution is -2.45. The molecular formula is C11H16ClN3O2S. The highest BCUT2D eigenvalue weighted by Gasteiger charge is 2.26. The number of anilines is 1. The lowest BCUT2D eigenvalue weighted by atomic mass is 10.0. The van der Waals surface area contributed by atoms with Crippen molar-refractivity contribution in [3.05, 3.63) is 10.6 Å². The molecule has 7 heteroatoms. The molecule has 100 valence electrons. The van der Waals surface area contributed by atoms with Crippen LogP contribution in [-0.4, -0.2) is 22.2 Å². The van der Waals surface area contributed by atoms with Gasteiger partial charge in [0.05, 0.1) is 16.1 Å². The van der Waals surface area contributed by atoms with Crippen LogP contribution in [0.2, 0.25) is 0 Å². The zero-order valence-electron chi connectivity index (χ0n) is 10.3. The van der Waals surface area contributed by atoms with E-state index in [-0.39, 0.29) is 24.1 Å². The summed E-state index contributed by atoms with van der Waals surface area (Å²) in [6, 6.07) is 0. The topological polar surface area (TPSA) is 85.1 Å². The van der Waals surface area contributed by atoms with Crippen molar-refractivity contribution in [3.8, 4) is 0 Å². The number of hydrogen-bond acceptors (Lipinski definition) is 5. The van der Waals surface area contributed by atoms with Gasteiger partial charge in [0.15, 0.2) is 10.9 Å². The minimum absolute atomic E-state index is 0. The molecule has 0 aliphatic heterocycles. The van der Waals surface area contributed by atoms with E-state index in [2.05, 4.69) is 10.3 Å². The number of rotatable bonds is 2. The van der Waals surface area contributed by atoms with Crippen LogP contribution in [0.5, 0.6) is 0 Å². The van der Waals surface area contributed by atoms with Gasteiger partial charge in [-0.05, 0) is 26.7 Å². The molecule has 3 N–H and O–H groups in total. The number of carbonyl (C=O) groups is 2. The first-order valence-corrected chi connectivity index (χ1v) is 6.33. The monoisotopic (exact) mass is 289 g/mol. The normalized spacial score (nSPS) is 14.7. The molecule has 2 rings (SSSR count). The van der Waals surface area contributed by atoms with Crippen LogP contribution < -0.4 is 11.1 Å². The Labute approximate surface area is 116 Å². The van der Waals surface area contributed by atoms with E-state index < -0.39 is 5.54 Å². The van der Waals surface area contributed by atoms with Crippen molar-refractivity contribution in [2.75, 3.05) is 5.32 Å². The Bertz CT molecular complexity index is 479. The van der Waals surface area contributed by atoms with Crippen molar-refractivity contribution in [1.29, 1.82) is 0 Å². The van der Waals surface area contributed by atoms with Gasteiger partial charge < -0.3 is 11.1 Å². The van der Waals surface area contributed by atoms with E-state index in [4.69, 9.17) is 5.73 Å². The van der Waals surface area contributed by atoms with Crippen molar-refractivity contribution in [2.24, 2.45) is 5.73 Å². The summed E-state index contributed by atoms with van der Waals surface area (Å²) in [4.78, 5) is 28.2. The molecule has 0 saturated heterocycles. The molecule has 0 unspecified atom stereocenters.